The number of aliphatic hydroxyl groups excluding tert-OH is 3. The minimum absolute atomic E-state index is 0.220. The van der Waals surface area contributed by atoms with Crippen LogP contribution >= 0.6 is 0 Å². The summed E-state index contributed by atoms with van der Waals surface area (Å²) in [5.41, 5.74) is -0.840. The van der Waals surface area contributed by atoms with Crippen LogP contribution < -0.4 is 0 Å². The molecule has 13 heavy (non-hydrogen) atoms. The van der Waals surface area contributed by atoms with Gasteiger partial charge in [0.05, 0.1) is 25.2 Å². The Morgan fingerprint density at radius 3 is 2.00 bits per heavy atom. The Balaban J connectivity index is 4.00. The van der Waals surface area contributed by atoms with Crippen LogP contribution in [0, 0.1) is 5.41 Å². The fraction of sp³-hybridized carbons (Fsp3) is 0.800. The fourth-order valence-corrected chi connectivity index (χ4v) is 0.963. The van der Waals surface area contributed by atoms with Gasteiger partial charge in [-0.15, -0.1) is 0 Å². The van der Waals surface area contributed by atoms with Crippen molar-refractivity contribution in [3.63, 3.8) is 0 Å². The van der Waals surface area contributed by atoms with Gasteiger partial charge in [0.25, 0.3) is 0 Å². The maximum Gasteiger partial charge on any atom is 0.0576 e. The summed E-state index contributed by atoms with van der Waals surface area (Å²) < 4.78 is 0. The van der Waals surface area contributed by atoms with Crippen LogP contribution in [0.2, 0.25) is 0 Å². The van der Waals surface area contributed by atoms with Crippen molar-refractivity contribution in [2.24, 2.45) is 5.41 Å². The fourth-order valence-electron chi connectivity index (χ4n) is 0.963. The van der Waals surface area contributed by atoms with Crippen molar-refractivity contribution >= 4 is 0 Å². The molecule has 0 aliphatic heterocycles. The first-order valence-corrected chi connectivity index (χ1v) is 4.75. The van der Waals surface area contributed by atoms with Crippen molar-refractivity contribution in [3.8, 4) is 0 Å². The van der Waals surface area contributed by atoms with E-state index in [1.165, 1.54) is 0 Å². The van der Waals surface area contributed by atoms with Gasteiger partial charge in [-0.25, -0.2) is 0 Å². The maximum atomic E-state index is 8.96. The van der Waals surface area contributed by atoms with Crippen LogP contribution in [0.4, 0.5) is 0 Å². The summed E-state index contributed by atoms with van der Waals surface area (Å²) in [6, 6.07) is 0. The van der Waals surface area contributed by atoms with Gasteiger partial charge >= 0.3 is 0 Å². The molecule has 0 atom stereocenters. The van der Waals surface area contributed by atoms with Gasteiger partial charge in [-0.1, -0.05) is 31.9 Å². The summed E-state index contributed by atoms with van der Waals surface area (Å²) in [6.07, 6.45) is 6.76. The van der Waals surface area contributed by atoms with Crippen molar-refractivity contribution in [2.45, 2.75) is 26.2 Å². The zero-order chi connectivity index (χ0) is 10.2. The molecule has 0 fully saturated rings. The Morgan fingerprint density at radius 1 is 1.08 bits per heavy atom. The van der Waals surface area contributed by atoms with E-state index in [0.717, 1.165) is 19.3 Å². The lowest BCUT2D eigenvalue weighted by Gasteiger charge is -2.22. The minimum atomic E-state index is -0.840. The molecule has 0 radical (unpaired) electrons. The lowest BCUT2D eigenvalue weighted by Crippen LogP contribution is -2.31. The van der Waals surface area contributed by atoms with Gasteiger partial charge in [0.15, 0.2) is 0 Å². The van der Waals surface area contributed by atoms with Gasteiger partial charge in [-0.05, 0) is 6.42 Å². The van der Waals surface area contributed by atoms with Crippen LogP contribution in [0.15, 0.2) is 12.2 Å². The van der Waals surface area contributed by atoms with Crippen LogP contribution in [0.5, 0.6) is 0 Å². The zero-order valence-electron chi connectivity index (χ0n) is 8.24. The lowest BCUT2D eigenvalue weighted by molar-refractivity contribution is 0.0417. The molecule has 0 aliphatic carbocycles. The minimum Gasteiger partial charge on any atom is -0.395 e. The average molecular weight is 188 g/mol. The normalized spacial score (nSPS) is 12.6. The monoisotopic (exact) mass is 188 g/mol. The molecule has 0 aliphatic rings. The highest BCUT2D eigenvalue weighted by atomic mass is 16.3. The van der Waals surface area contributed by atoms with E-state index in [1.807, 2.05) is 6.08 Å². The van der Waals surface area contributed by atoms with Crippen molar-refractivity contribution in [3.05, 3.63) is 12.2 Å². The third kappa shape index (κ3) is 4.41. The predicted octanol–water partition coefficient (Wildman–Crippen LogP) is 0.696. The molecule has 0 amide bonds. The highest BCUT2D eigenvalue weighted by molar-refractivity contribution is 4.99. The van der Waals surface area contributed by atoms with Gasteiger partial charge in [0, 0.05) is 0 Å². The van der Waals surface area contributed by atoms with E-state index in [4.69, 9.17) is 15.3 Å². The average Bonchev–Trinajstić information content (AvgIpc) is 2.20. The molecular formula is C10H20O3. The van der Waals surface area contributed by atoms with E-state index in [1.54, 1.807) is 6.08 Å². The van der Waals surface area contributed by atoms with Gasteiger partial charge in [0.1, 0.15) is 0 Å². The molecule has 0 aromatic carbocycles. The Kier molecular flexibility index (Phi) is 6.86. The third-order valence-corrected chi connectivity index (χ3v) is 2.14. The molecule has 0 bridgehead atoms. The molecule has 0 aromatic rings. The molecule has 3 heteroatoms. The molecule has 0 unspecified atom stereocenters. The van der Waals surface area contributed by atoms with Crippen LogP contribution in [0.1, 0.15) is 26.2 Å². The Morgan fingerprint density at radius 2 is 1.62 bits per heavy atom. The van der Waals surface area contributed by atoms with Crippen molar-refractivity contribution in [2.75, 3.05) is 19.8 Å². The molecule has 3 nitrogen and oxygen atoms in total. The predicted molar refractivity (Wildman–Crippen MR) is 52.4 cm³/mol. The maximum absolute atomic E-state index is 8.96. The second-order valence-electron chi connectivity index (χ2n) is 3.38. The first kappa shape index (κ1) is 12.6. The number of allylic oxidation sites excluding steroid dienone is 1. The smallest absolute Gasteiger partial charge is 0.0576 e. The summed E-state index contributed by atoms with van der Waals surface area (Å²) >= 11 is 0. The van der Waals surface area contributed by atoms with Crippen molar-refractivity contribution < 1.29 is 15.3 Å². The second-order valence-corrected chi connectivity index (χ2v) is 3.38. The molecule has 3 N–H and O–H groups in total. The van der Waals surface area contributed by atoms with E-state index >= 15 is 0 Å². The van der Waals surface area contributed by atoms with Crippen molar-refractivity contribution in [1.29, 1.82) is 0 Å². The van der Waals surface area contributed by atoms with E-state index in [9.17, 15) is 0 Å². The zero-order valence-corrected chi connectivity index (χ0v) is 8.24. The van der Waals surface area contributed by atoms with Gasteiger partial charge in [0.2, 0.25) is 0 Å². The standard InChI is InChI=1S/C10H20O3/c1-2-3-4-5-6-10(7-11,8-12)9-13/h5-6,11-13H,2-4,7-9H2,1H3. The topological polar surface area (TPSA) is 60.7 Å². The summed E-state index contributed by atoms with van der Waals surface area (Å²) in [4.78, 5) is 0. The van der Waals surface area contributed by atoms with Crippen LogP contribution in [0.3, 0.4) is 0 Å². The molecule has 0 heterocycles. The van der Waals surface area contributed by atoms with Gasteiger partial charge in [-0.2, -0.15) is 0 Å². The highest BCUT2D eigenvalue weighted by Gasteiger charge is 2.23. The number of hydrogen-bond donors (Lipinski definition) is 3. The Bertz CT molecular complexity index is 131. The first-order valence-electron chi connectivity index (χ1n) is 4.75. The summed E-state index contributed by atoms with van der Waals surface area (Å²) in [7, 11) is 0. The van der Waals surface area contributed by atoms with Crippen molar-refractivity contribution in [1.82, 2.24) is 0 Å². The SMILES string of the molecule is CCCCC=CC(CO)(CO)CO. The molecule has 0 rings (SSSR count). The summed E-state index contributed by atoms with van der Waals surface area (Å²) in [6.45, 7) is 1.44. The first-order chi connectivity index (χ1) is 6.24. The molecule has 0 saturated heterocycles. The van der Waals surface area contributed by atoms with E-state index in [-0.39, 0.29) is 19.8 Å². The number of aliphatic hydroxyl groups is 3. The Labute approximate surface area is 79.7 Å². The third-order valence-electron chi connectivity index (χ3n) is 2.14. The molecule has 0 saturated carbocycles. The molecular weight excluding hydrogens is 168 g/mol. The lowest BCUT2D eigenvalue weighted by atomic mass is 9.90. The van der Waals surface area contributed by atoms with Crippen LogP contribution in [0.25, 0.3) is 0 Å². The number of unbranched alkanes of at least 4 members (excludes halogenated alkanes) is 2. The Hall–Kier alpha value is -0.380. The summed E-state index contributed by atoms with van der Waals surface area (Å²) in [5, 5.41) is 26.9. The van der Waals surface area contributed by atoms with E-state index in [2.05, 4.69) is 6.92 Å². The van der Waals surface area contributed by atoms with Crippen LogP contribution in [-0.4, -0.2) is 35.1 Å². The van der Waals surface area contributed by atoms with E-state index in [0.29, 0.717) is 0 Å². The number of hydrogen-bond acceptors (Lipinski definition) is 3. The molecule has 0 spiro atoms. The van der Waals surface area contributed by atoms with E-state index < -0.39 is 5.41 Å². The second kappa shape index (κ2) is 7.06. The highest BCUT2D eigenvalue weighted by Crippen LogP contribution is 2.17. The van der Waals surface area contributed by atoms with Gasteiger partial charge < -0.3 is 15.3 Å². The largest absolute Gasteiger partial charge is 0.395 e. The quantitative estimate of drug-likeness (QED) is 0.407. The molecule has 0 aromatic heterocycles. The molecule has 78 valence electrons. The summed E-state index contributed by atoms with van der Waals surface area (Å²) in [5.74, 6) is 0. The number of rotatable bonds is 7. The van der Waals surface area contributed by atoms with Gasteiger partial charge in [-0.3, -0.25) is 0 Å². The van der Waals surface area contributed by atoms with Crippen LogP contribution in [-0.2, 0) is 0 Å².